The number of ketones is 1. The van der Waals surface area contributed by atoms with Crippen molar-refractivity contribution in [3.63, 3.8) is 0 Å². The number of hydrogen-bond acceptors (Lipinski definition) is 3. The summed E-state index contributed by atoms with van der Waals surface area (Å²) < 4.78 is 6.37. The number of hydrogen-bond donors (Lipinski definition) is 0. The van der Waals surface area contributed by atoms with Crippen LogP contribution in [0, 0.1) is 17.8 Å². The Bertz CT molecular complexity index is 351. The lowest BCUT2D eigenvalue weighted by atomic mass is 9.75. The van der Waals surface area contributed by atoms with E-state index in [4.69, 9.17) is 4.74 Å². The highest BCUT2D eigenvalue weighted by Crippen LogP contribution is 2.50. The zero-order chi connectivity index (χ0) is 14.9. The van der Waals surface area contributed by atoms with Gasteiger partial charge in [0, 0.05) is 11.2 Å². The minimum atomic E-state index is -0.227. The van der Waals surface area contributed by atoms with Gasteiger partial charge in [0.25, 0.3) is 0 Å². The molecule has 4 atom stereocenters. The topological polar surface area (TPSA) is 26.3 Å². The Kier molecular flexibility index (Phi) is 5.23. The lowest BCUT2D eigenvalue weighted by Gasteiger charge is -2.49. The van der Waals surface area contributed by atoms with E-state index in [2.05, 4.69) is 34.6 Å². The molecule has 1 saturated heterocycles. The standard InChI is InChI=1S/C17H30O2S/c1-11(2)6-9-14(18)16-19-15-10-12(3)7-8-13(15)17(4,5)20-16/h11-13,15-16H,6-10H2,1-5H3/t12-,13-,15-,16-/m1/s1. The van der Waals surface area contributed by atoms with E-state index < -0.39 is 0 Å². The minimum Gasteiger partial charge on any atom is -0.356 e. The zero-order valence-corrected chi connectivity index (χ0v) is 14.5. The summed E-state index contributed by atoms with van der Waals surface area (Å²) in [5.41, 5.74) is -0.227. The molecule has 2 nitrogen and oxygen atoms in total. The van der Waals surface area contributed by atoms with Crippen LogP contribution < -0.4 is 0 Å². The fourth-order valence-corrected chi connectivity index (χ4v) is 4.96. The van der Waals surface area contributed by atoms with E-state index in [-0.39, 0.29) is 10.2 Å². The molecule has 0 spiro atoms. The maximum Gasteiger partial charge on any atom is 0.171 e. The second-order valence-corrected chi connectivity index (χ2v) is 9.37. The fourth-order valence-electron chi connectivity index (χ4n) is 3.51. The van der Waals surface area contributed by atoms with E-state index in [1.165, 1.54) is 12.8 Å². The molecule has 1 saturated carbocycles. The van der Waals surface area contributed by atoms with E-state index in [1.807, 2.05) is 0 Å². The molecule has 0 bridgehead atoms. The summed E-state index contributed by atoms with van der Waals surface area (Å²) in [6, 6.07) is 0. The molecule has 0 radical (unpaired) electrons. The summed E-state index contributed by atoms with van der Waals surface area (Å²) in [6.07, 6.45) is 5.62. The molecule has 2 rings (SSSR count). The van der Waals surface area contributed by atoms with Crippen LogP contribution >= 0.6 is 11.8 Å². The van der Waals surface area contributed by atoms with Crippen LogP contribution in [0.5, 0.6) is 0 Å². The van der Waals surface area contributed by atoms with Crippen molar-refractivity contribution in [2.75, 3.05) is 0 Å². The molecule has 0 aromatic carbocycles. The number of Topliss-reactive ketones (excluding diaryl/α,β-unsaturated/α-hetero) is 1. The van der Waals surface area contributed by atoms with Gasteiger partial charge >= 0.3 is 0 Å². The Labute approximate surface area is 128 Å². The van der Waals surface area contributed by atoms with Gasteiger partial charge in [-0.15, -0.1) is 11.8 Å². The number of fused-ring (bicyclic) bond motifs is 1. The van der Waals surface area contributed by atoms with Crippen molar-refractivity contribution in [3.05, 3.63) is 0 Å². The van der Waals surface area contributed by atoms with Gasteiger partial charge in [-0.05, 0) is 37.0 Å². The monoisotopic (exact) mass is 298 g/mol. The van der Waals surface area contributed by atoms with Gasteiger partial charge < -0.3 is 4.74 Å². The van der Waals surface area contributed by atoms with Gasteiger partial charge in [-0.1, -0.05) is 41.0 Å². The second kappa shape index (κ2) is 6.39. The highest BCUT2D eigenvalue weighted by Gasteiger charge is 2.47. The van der Waals surface area contributed by atoms with Crippen LogP contribution in [0.25, 0.3) is 0 Å². The third-order valence-electron chi connectivity index (χ3n) is 4.89. The molecule has 0 amide bonds. The van der Waals surface area contributed by atoms with Crippen molar-refractivity contribution >= 4 is 17.5 Å². The lowest BCUT2D eigenvalue weighted by molar-refractivity contribution is -0.134. The summed E-state index contributed by atoms with van der Waals surface area (Å²) in [5.74, 6) is 2.23. The number of rotatable bonds is 4. The summed E-state index contributed by atoms with van der Waals surface area (Å²) in [6.45, 7) is 11.3. The molecule has 0 aromatic heterocycles. The Balaban J connectivity index is 2.01. The van der Waals surface area contributed by atoms with Crippen molar-refractivity contribution in [1.29, 1.82) is 0 Å². The maximum absolute atomic E-state index is 12.4. The fraction of sp³-hybridized carbons (Fsp3) is 0.941. The van der Waals surface area contributed by atoms with E-state index in [9.17, 15) is 4.79 Å². The minimum absolute atomic E-state index is 0.168. The van der Waals surface area contributed by atoms with Gasteiger partial charge in [-0.3, -0.25) is 4.79 Å². The maximum atomic E-state index is 12.4. The van der Waals surface area contributed by atoms with Gasteiger partial charge in [0.1, 0.15) is 0 Å². The molecule has 2 aliphatic rings. The molecular formula is C17H30O2S. The summed E-state index contributed by atoms with van der Waals surface area (Å²) in [7, 11) is 0. The van der Waals surface area contributed by atoms with Crippen LogP contribution in [0.3, 0.4) is 0 Å². The largest absolute Gasteiger partial charge is 0.356 e. The molecule has 1 aliphatic heterocycles. The highest BCUT2D eigenvalue weighted by molar-refractivity contribution is 8.01. The number of carbonyl (C=O) groups excluding carboxylic acids is 1. The first-order chi connectivity index (χ1) is 9.29. The van der Waals surface area contributed by atoms with Crippen molar-refractivity contribution in [2.45, 2.75) is 83.0 Å². The number of thioether (sulfide) groups is 1. The zero-order valence-electron chi connectivity index (χ0n) is 13.6. The van der Waals surface area contributed by atoms with Crippen molar-refractivity contribution in [1.82, 2.24) is 0 Å². The van der Waals surface area contributed by atoms with Crippen molar-refractivity contribution in [2.24, 2.45) is 17.8 Å². The van der Waals surface area contributed by atoms with E-state index in [1.54, 1.807) is 11.8 Å². The van der Waals surface area contributed by atoms with E-state index in [0.717, 1.165) is 18.8 Å². The Morgan fingerprint density at radius 1 is 1.35 bits per heavy atom. The van der Waals surface area contributed by atoms with Crippen LogP contribution in [0.1, 0.15) is 66.7 Å². The molecule has 0 unspecified atom stereocenters. The average molecular weight is 298 g/mol. The van der Waals surface area contributed by atoms with Gasteiger partial charge in [0.2, 0.25) is 0 Å². The van der Waals surface area contributed by atoms with Gasteiger partial charge in [-0.2, -0.15) is 0 Å². The molecule has 3 heteroatoms. The molecule has 20 heavy (non-hydrogen) atoms. The Morgan fingerprint density at radius 2 is 2.05 bits per heavy atom. The van der Waals surface area contributed by atoms with Crippen LogP contribution in [0.15, 0.2) is 0 Å². The van der Waals surface area contributed by atoms with E-state index >= 15 is 0 Å². The first-order valence-electron chi connectivity index (χ1n) is 8.15. The second-order valence-electron chi connectivity index (χ2n) is 7.65. The van der Waals surface area contributed by atoms with Crippen LogP contribution in [0.4, 0.5) is 0 Å². The van der Waals surface area contributed by atoms with Crippen LogP contribution in [-0.2, 0) is 9.53 Å². The van der Waals surface area contributed by atoms with Crippen molar-refractivity contribution in [3.8, 4) is 0 Å². The molecule has 2 fully saturated rings. The average Bonchev–Trinajstić information content (AvgIpc) is 2.34. The van der Waals surface area contributed by atoms with E-state index in [0.29, 0.717) is 30.1 Å². The van der Waals surface area contributed by atoms with Gasteiger partial charge in [0.05, 0.1) is 6.10 Å². The number of carbonyl (C=O) groups is 1. The Morgan fingerprint density at radius 3 is 2.70 bits per heavy atom. The molecule has 1 heterocycles. The molecule has 0 N–H and O–H groups in total. The van der Waals surface area contributed by atoms with Gasteiger partial charge in [0.15, 0.2) is 11.2 Å². The first-order valence-corrected chi connectivity index (χ1v) is 9.03. The smallest absolute Gasteiger partial charge is 0.171 e. The predicted octanol–water partition coefficient (Wildman–Crippen LogP) is 4.66. The quantitative estimate of drug-likeness (QED) is 0.755. The van der Waals surface area contributed by atoms with Crippen LogP contribution in [0.2, 0.25) is 0 Å². The Hall–Kier alpha value is -0.0200. The third kappa shape index (κ3) is 3.79. The highest BCUT2D eigenvalue weighted by atomic mass is 32.2. The molecule has 0 aromatic rings. The molecule has 116 valence electrons. The third-order valence-corrected chi connectivity index (χ3v) is 6.39. The lowest BCUT2D eigenvalue weighted by Crippen LogP contribution is -2.50. The van der Waals surface area contributed by atoms with Crippen molar-refractivity contribution < 1.29 is 9.53 Å². The summed E-state index contributed by atoms with van der Waals surface area (Å²) in [5, 5.41) is 0. The van der Waals surface area contributed by atoms with Crippen LogP contribution in [-0.4, -0.2) is 22.1 Å². The molecule has 1 aliphatic carbocycles. The number of ether oxygens (including phenoxy) is 1. The predicted molar refractivity (Wildman–Crippen MR) is 85.9 cm³/mol. The summed E-state index contributed by atoms with van der Waals surface area (Å²) in [4.78, 5) is 12.4. The summed E-state index contributed by atoms with van der Waals surface area (Å²) >= 11 is 1.76. The SMILES string of the molecule is CC(C)CCC(=O)[C@@H]1O[C@@H]2C[C@H](C)CC[C@H]2C(C)(C)S1. The van der Waals surface area contributed by atoms with Gasteiger partial charge in [-0.25, -0.2) is 0 Å². The molecular weight excluding hydrogens is 268 g/mol. The normalized spacial score (nSPS) is 36.7. The first kappa shape index (κ1) is 16.4.